The molecule has 2 rings (SSSR count). The topological polar surface area (TPSA) is 9.23 Å². The molecule has 0 radical (unpaired) electrons. The van der Waals surface area contributed by atoms with E-state index in [1.165, 1.54) is 12.1 Å². The molecule has 0 heterocycles. The van der Waals surface area contributed by atoms with E-state index in [-0.39, 0.29) is 17.4 Å². The average Bonchev–Trinajstić information content (AvgIpc) is 2.36. The minimum Gasteiger partial charge on any atom is -0.451 e. The summed E-state index contributed by atoms with van der Waals surface area (Å²) in [6.45, 7) is 0. The molecule has 0 aliphatic heterocycles. The lowest BCUT2D eigenvalue weighted by molar-refractivity contribution is 0.410. The van der Waals surface area contributed by atoms with Crippen LogP contribution in [0.3, 0.4) is 0 Å². The first-order valence-corrected chi connectivity index (χ1v) is 5.61. The predicted octanol–water partition coefficient (Wildman–Crippen LogP) is 4.64. The average molecular weight is 273 g/mol. The van der Waals surface area contributed by atoms with Crippen LogP contribution in [0.5, 0.6) is 11.5 Å². The van der Waals surface area contributed by atoms with Crippen molar-refractivity contribution in [3.63, 3.8) is 0 Å². The smallest absolute Gasteiger partial charge is 0.166 e. The molecular weight excluding hydrogens is 265 g/mol. The molecule has 0 aromatic heterocycles. The molecule has 0 aliphatic carbocycles. The molecule has 0 aliphatic rings. The number of benzene rings is 2. The largest absolute Gasteiger partial charge is 0.451 e. The minimum absolute atomic E-state index is 0.158. The summed E-state index contributed by atoms with van der Waals surface area (Å²) in [7, 11) is 0. The lowest BCUT2D eigenvalue weighted by Gasteiger charge is -2.08. The maximum Gasteiger partial charge on any atom is 0.166 e. The summed E-state index contributed by atoms with van der Waals surface area (Å²) < 4.78 is 44.8. The van der Waals surface area contributed by atoms with E-state index in [9.17, 15) is 13.2 Å². The molecule has 1 nitrogen and oxygen atoms in total. The summed E-state index contributed by atoms with van der Waals surface area (Å²) in [5, 5.41) is 0. The number of ether oxygens (including phenoxy) is 1. The number of halogens is 4. The zero-order valence-electron chi connectivity index (χ0n) is 9.09. The van der Waals surface area contributed by atoms with E-state index in [1.807, 2.05) is 0 Å². The molecule has 0 saturated carbocycles. The van der Waals surface area contributed by atoms with E-state index in [1.54, 1.807) is 6.07 Å². The van der Waals surface area contributed by atoms with E-state index < -0.39 is 17.5 Å². The third-order valence-electron chi connectivity index (χ3n) is 2.26. The van der Waals surface area contributed by atoms with Crippen molar-refractivity contribution in [3.8, 4) is 11.5 Å². The van der Waals surface area contributed by atoms with Gasteiger partial charge in [0.15, 0.2) is 23.1 Å². The van der Waals surface area contributed by atoms with E-state index in [2.05, 4.69) is 0 Å². The zero-order valence-corrected chi connectivity index (χ0v) is 9.85. The zero-order chi connectivity index (χ0) is 13.1. The van der Waals surface area contributed by atoms with Crippen LogP contribution in [-0.4, -0.2) is 0 Å². The Labute approximate surface area is 107 Å². The fourth-order valence-electron chi connectivity index (χ4n) is 1.38. The highest BCUT2D eigenvalue weighted by molar-refractivity contribution is 6.17. The highest BCUT2D eigenvalue weighted by Crippen LogP contribution is 2.28. The monoisotopic (exact) mass is 272 g/mol. The maximum atomic E-state index is 13.6. The minimum atomic E-state index is -0.766. The SMILES string of the molecule is Fc1ccc(F)c(Oc2ccc(CCl)cc2F)c1. The molecule has 94 valence electrons. The molecule has 0 bridgehead atoms. The van der Waals surface area contributed by atoms with Crippen LogP contribution < -0.4 is 4.74 Å². The van der Waals surface area contributed by atoms with Crippen LogP contribution in [0.4, 0.5) is 13.2 Å². The molecule has 18 heavy (non-hydrogen) atoms. The molecule has 0 fully saturated rings. The van der Waals surface area contributed by atoms with Gasteiger partial charge in [-0.3, -0.25) is 0 Å². The second-order valence-corrected chi connectivity index (χ2v) is 3.84. The van der Waals surface area contributed by atoms with Gasteiger partial charge >= 0.3 is 0 Å². The maximum absolute atomic E-state index is 13.6. The van der Waals surface area contributed by atoms with Crippen molar-refractivity contribution in [2.75, 3.05) is 0 Å². The first-order chi connectivity index (χ1) is 8.60. The summed E-state index contributed by atoms with van der Waals surface area (Å²) in [5.74, 6) is -2.51. The van der Waals surface area contributed by atoms with Gasteiger partial charge in [-0.15, -0.1) is 11.6 Å². The molecule has 0 N–H and O–H groups in total. The van der Waals surface area contributed by atoms with Crippen LogP contribution >= 0.6 is 11.6 Å². The first kappa shape index (κ1) is 12.8. The highest BCUT2D eigenvalue weighted by Gasteiger charge is 2.10. The molecular formula is C13H8ClF3O. The van der Waals surface area contributed by atoms with Gasteiger partial charge in [0, 0.05) is 11.9 Å². The third-order valence-corrected chi connectivity index (χ3v) is 2.57. The molecule has 0 saturated heterocycles. The van der Waals surface area contributed by atoms with Crippen molar-refractivity contribution in [3.05, 3.63) is 59.4 Å². The lowest BCUT2D eigenvalue weighted by Crippen LogP contribution is -1.93. The van der Waals surface area contributed by atoms with E-state index in [0.29, 0.717) is 5.56 Å². The Balaban J connectivity index is 2.31. The number of hydrogen-bond donors (Lipinski definition) is 0. The van der Waals surface area contributed by atoms with Gasteiger partial charge in [0.05, 0.1) is 0 Å². The van der Waals surface area contributed by atoms with Crippen LogP contribution in [0.1, 0.15) is 5.56 Å². The standard InChI is InChI=1S/C13H8ClF3O/c14-7-8-1-4-12(11(17)5-8)18-13-6-9(15)2-3-10(13)16/h1-6H,7H2. The van der Waals surface area contributed by atoms with Crippen molar-refractivity contribution < 1.29 is 17.9 Å². The quantitative estimate of drug-likeness (QED) is 0.740. The number of alkyl halides is 1. The van der Waals surface area contributed by atoms with Gasteiger partial charge in [-0.2, -0.15) is 0 Å². The number of hydrogen-bond acceptors (Lipinski definition) is 1. The Kier molecular flexibility index (Phi) is 3.77. The van der Waals surface area contributed by atoms with Gasteiger partial charge in [-0.1, -0.05) is 6.07 Å². The molecule has 0 spiro atoms. The van der Waals surface area contributed by atoms with Gasteiger partial charge in [-0.05, 0) is 29.8 Å². The van der Waals surface area contributed by atoms with Crippen molar-refractivity contribution in [2.24, 2.45) is 0 Å². The fraction of sp³-hybridized carbons (Fsp3) is 0.0769. The van der Waals surface area contributed by atoms with Gasteiger partial charge in [0.2, 0.25) is 0 Å². The Morgan fingerprint density at radius 2 is 1.67 bits per heavy atom. The third kappa shape index (κ3) is 2.76. The van der Waals surface area contributed by atoms with Gasteiger partial charge < -0.3 is 4.74 Å². The normalized spacial score (nSPS) is 10.4. The van der Waals surface area contributed by atoms with Crippen molar-refractivity contribution >= 4 is 11.6 Å². The molecule has 0 amide bonds. The fourth-order valence-corrected chi connectivity index (χ4v) is 1.55. The van der Waals surface area contributed by atoms with Crippen LogP contribution in [0.25, 0.3) is 0 Å². The van der Waals surface area contributed by atoms with Gasteiger partial charge in [0.25, 0.3) is 0 Å². The summed E-state index contributed by atoms with van der Waals surface area (Å²) in [6, 6.07) is 6.76. The van der Waals surface area contributed by atoms with E-state index in [0.717, 1.165) is 18.2 Å². The Morgan fingerprint density at radius 3 is 2.33 bits per heavy atom. The molecule has 2 aromatic rings. The Hall–Kier alpha value is -1.68. The van der Waals surface area contributed by atoms with E-state index >= 15 is 0 Å². The summed E-state index contributed by atoms with van der Waals surface area (Å²) in [4.78, 5) is 0. The van der Waals surface area contributed by atoms with Gasteiger partial charge in [0.1, 0.15) is 5.82 Å². The Bertz CT molecular complexity index is 572. The molecule has 0 unspecified atom stereocenters. The Morgan fingerprint density at radius 1 is 0.889 bits per heavy atom. The molecule has 5 heteroatoms. The molecule has 2 aromatic carbocycles. The van der Waals surface area contributed by atoms with Crippen LogP contribution in [-0.2, 0) is 5.88 Å². The summed E-state index contributed by atoms with van der Waals surface area (Å²) in [6.07, 6.45) is 0. The van der Waals surface area contributed by atoms with Crippen molar-refractivity contribution in [1.29, 1.82) is 0 Å². The summed E-state index contributed by atoms with van der Waals surface area (Å²) in [5.41, 5.74) is 0.571. The van der Waals surface area contributed by atoms with Crippen molar-refractivity contribution in [2.45, 2.75) is 5.88 Å². The van der Waals surface area contributed by atoms with Crippen LogP contribution in [0.15, 0.2) is 36.4 Å². The van der Waals surface area contributed by atoms with Crippen LogP contribution in [0, 0.1) is 17.5 Å². The highest BCUT2D eigenvalue weighted by atomic mass is 35.5. The first-order valence-electron chi connectivity index (χ1n) is 5.07. The second kappa shape index (κ2) is 5.31. The number of rotatable bonds is 3. The summed E-state index contributed by atoms with van der Waals surface area (Å²) >= 11 is 5.54. The van der Waals surface area contributed by atoms with E-state index in [4.69, 9.17) is 16.3 Å². The predicted molar refractivity (Wildman–Crippen MR) is 62.4 cm³/mol. The van der Waals surface area contributed by atoms with Gasteiger partial charge in [-0.25, -0.2) is 13.2 Å². The van der Waals surface area contributed by atoms with Crippen LogP contribution in [0.2, 0.25) is 0 Å². The van der Waals surface area contributed by atoms with Crippen molar-refractivity contribution in [1.82, 2.24) is 0 Å². The molecule has 0 atom stereocenters. The second-order valence-electron chi connectivity index (χ2n) is 3.58. The lowest BCUT2D eigenvalue weighted by atomic mass is 10.2.